The van der Waals surface area contributed by atoms with Crippen molar-refractivity contribution in [1.82, 2.24) is 9.55 Å². The maximum absolute atomic E-state index is 12.9. The fraction of sp³-hybridized carbons (Fsp3) is 0.176. The molecule has 3 aromatic rings. The summed E-state index contributed by atoms with van der Waals surface area (Å²) in [6, 6.07) is 7.16. The Kier molecular flexibility index (Phi) is 4.13. The highest BCUT2D eigenvalue weighted by Crippen LogP contribution is 2.29. The Hall–Kier alpha value is -3.00. The number of benzene rings is 1. The number of aryl methyl sites for hydroxylation is 2. The number of carboxylic acids is 2. The van der Waals surface area contributed by atoms with E-state index < -0.39 is 24.0 Å². The average molecular weight is 358 g/mol. The van der Waals surface area contributed by atoms with Crippen LogP contribution in [0, 0.1) is 13.8 Å². The molecule has 2 aromatic heterocycles. The van der Waals surface area contributed by atoms with E-state index in [-0.39, 0.29) is 20.9 Å². The minimum atomic E-state index is -1.18. The van der Waals surface area contributed by atoms with Gasteiger partial charge in [-0.05, 0) is 19.4 Å². The standard InChI is InChI=1S/C17H14N2O5S/c1-8-3-5-10(6-4-8)14-18-15-12(9(2)13(25-15)17(23)24)16(22)19(14)7-11(20)21/h3-6H,7H2,1-2H3,(H,20,21)(H,23,24). The molecule has 128 valence electrons. The molecule has 7 nitrogen and oxygen atoms in total. The number of fused-ring (bicyclic) bond motifs is 1. The number of rotatable bonds is 4. The highest BCUT2D eigenvalue weighted by molar-refractivity contribution is 7.20. The molecule has 25 heavy (non-hydrogen) atoms. The van der Waals surface area contributed by atoms with Gasteiger partial charge in [0.15, 0.2) is 0 Å². The quantitative estimate of drug-likeness (QED) is 0.742. The first-order valence-electron chi connectivity index (χ1n) is 7.35. The molecule has 0 amide bonds. The molecule has 3 rings (SSSR count). The molecule has 0 unspecified atom stereocenters. The second kappa shape index (κ2) is 6.14. The molecule has 0 spiro atoms. The van der Waals surface area contributed by atoms with Crippen molar-refractivity contribution < 1.29 is 19.8 Å². The van der Waals surface area contributed by atoms with Crippen LogP contribution in [-0.2, 0) is 11.3 Å². The van der Waals surface area contributed by atoms with Gasteiger partial charge in [0.05, 0.1) is 5.39 Å². The zero-order valence-corrected chi connectivity index (χ0v) is 14.3. The van der Waals surface area contributed by atoms with Gasteiger partial charge in [0.2, 0.25) is 0 Å². The summed E-state index contributed by atoms with van der Waals surface area (Å²) in [5.74, 6) is -2.11. The van der Waals surface area contributed by atoms with Crippen molar-refractivity contribution in [2.45, 2.75) is 20.4 Å². The first kappa shape index (κ1) is 16.8. The summed E-state index contributed by atoms with van der Waals surface area (Å²) >= 11 is 0.914. The molecule has 8 heteroatoms. The van der Waals surface area contributed by atoms with Crippen LogP contribution in [0.1, 0.15) is 20.8 Å². The Bertz CT molecular complexity index is 1060. The molecule has 0 bridgehead atoms. The van der Waals surface area contributed by atoms with Gasteiger partial charge in [0, 0.05) is 5.56 Å². The summed E-state index contributed by atoms with van der Waals surface area (Å²) < 4.78 is 1.07. The molecule has 0 aliphatic carbocycles. The third kappa shape index (κ3) is 2.91. The van der Waals surface area contributed by atoms with Crippen molar-refractivity contribution in [1.29, 1.82) is 0 Å². The Balaban J connectivity index is 2.38. The Labute approximate surface area is 145 Å². The largest absolute Gasteiger partial charge is 0.480 e. The van der Waals surface area contributed by atoms with E-state index in [1.165, 1.54) is 6.92 Å². The van der Waals surface area contributed by atoms with Gasteiger partial charge < -0.3 is 10.2 Å². The topological polar surface area (TPSA) is 109 Å². The summed E-state index contributed by atoms with van der Waals surface area (Å²) in [6.45, 7) is 2.89. The van der Waals surface area contributed by atoms with E-state index in [1.54, 1.807) is 12.1 Å². The zero-order valence-electron chi connectivity index (χ0n) is 13.4. The summed E-state index contributed by atoms with van der Waals surface area (Å²) in [5.41, 5.74) is 1.36. The number of hydrogen-bond acceptors (Lipinski definition) is 5. The molecule has 1 aromatic carbocycles. The van der Waals surface area contributed by atoms with Crippen molar-refractivity contribution in [3.8, 4) is 11.4 Å². The minimum absolute atomic E-state index is 0.0301. The van der Waals surface area contributed by atoms with Crippen molar-refractivity contribution in [3.63, 3.8) is 0 Å². The molecule has 0 atom stereocenters. The van der Waals surface area contributed by atoms with Crippen LogP contribution in [0.25, 0.3) is 21.6 Å². The van der Waals surface area contributed by atoms with Crippen LogP contribution < -0.4 is 5.56 Å². The predicted molar refractivity (Wildman–Crippen MR) is 93.4 cm³/mol. The van der Waals surface area contributed by atoms with Crippen LogP contribution in [0.5, 0.6) is 0 Å². The smallest absolute Gasteiger partial charge is 0.346 e. The van der Waals surface area contributed by atoms with E-state index in [4.69, 9.17) is 5.11 Å². The number of aliphatic carboxylic acids is 1. The maximum atomic E-state index is 12.9. The lowest BCUT2D eigenvalue weighted by atomic mass is 10.1. The van der Waals surface area contributed by atoms with Crippen molar-refractivity contribution >= 4 is 33.5 Å². The van der Waals surface area contributed by atoms with Crippen LogP contribution >= 0.6 is 11.3 Å². The van der Waals surface area contributed by atoms with Crippen LogP contribution in [0.2, 0.25) is 0 Å². The minimum Gasteiger partial charge on any atom is -0.480 e. The summed E-state index contributed by atoms with van der Waals surface area (Å²) in [6.07, 6.45) is 0. The van der Waals surface area contributed by atoms with Gasteiger partial charge in [-0.3, -0.25) is 14.2 Å². The normalized spacial score (nSPS) is 11.0. The number of carboxylic acid groups (broad SMARTS) is 2. The lowest BCUT2D eigenvalue weighted by Gasteiger charge is -2.11. The van der Waals surface area contributed by atoms with E-state index in [9.17, 15) is 19.5 Å². The molecule has 0 saturated heterocycles. The number of aromatic carboxylic acids is 1. The van der Waals surface area contributed by atoms with Gasteiger partial charge in [-0.2, -0.15) is 0 Å². The molecule has 0 aliphatic heterocycles. The second-order valence-corrected chi connectivity index (χ2v) is 6.63. The molecule has 0 aliphatic rings. The SMILES string of the molecule is Cc1ccc(-c2nc3sc(C(=O)O)c(C)c3c(=O)n2CC(=O)O)cc1. The molecule has 2 N–H and O–H groups in total. The number of nitrogens with zero attached hydrogens (tertiary/aromatic N) is 2. The molecule has 0 saturated carbocycles. The van der Waals surface area contributed by atoms with Crippen LogP contribution in [0.4, 0.5) is 0 Å². The van der Waals surface area contributed by atoms with Gasteiger partial charge in [-0.25, -0.2) is 9.78 Å². The fourth-order valence-corrected chi connectivity index (χ4v) is 3.64. The number of aromatic nitrogens is 2. The first-order chi connectivity index (χ1) is 11.8. The van der Waals surface area contributed by atoms with Crippen molar-refractivity contribution in [2.75, 3.05) is 0 Å². The summed E-state index contributed by atoms with van der Waals surface area (Å²) in [5, 5.41) is 18.6. The van der Waals surface area contributed by atoms with E-state index in [0.29, 0.717) is 11.1 Å². The number of hydrogen-bond donors (Lipinski definition) is 2. The summed E-state index contributed by atoms with van der Waals surface area (Å²) in [7, 11) is 0. The third-order valence-electron chi connectivity index (χ3n) is 3.85. The van der Waals surface area contributed by atoms with Gasteiger partial charge in [0.25, 0.3) is 5.56 Å². The van der Waals surface area contributed by atoms with Gasteiger partial charge >= 0.3 is 11.9 Å². The maximum Gasteiger partial charge on any atom is 0.346 e. The Morgan fingerprint density at radius 3 is 2.36 bits per heavy atom. The lowest BCUT2D eigenvalue weighted by molar-refractivity contribution is -0.137. The second-order valence-electron chi connectivity index (χ2n) is 5.63. The van der Waals surface area contributed by atoms with Crippen LogP contribution in [0.3, 0.4) is 0 Å². The van der Waals surface area contributed by atoms with E-state index in [1.807, 2.05) is 19.1 Å². The van der Waals surface area contributed by atoms with E-state index in [2.05, 4.69) is 4.98 Å². The predicted octanol–water partition coefficient (Wildman–Crippen LogP) is 2.52. The van der Waals surface area contributed by atoms with Crippen LogP contribution in [0.15, 0.2) is 29.1 Å². The summed E-state index contributed by atoms with van der Waals surface area (Å²) in [4.78, 5) is 40.1. The lowest BCUT2D eigenvalue weighted by Crippen LogP contribution is -2.27. The molecule has 0 radical (unpaired) electrons. The molecule has 2 heterocycles. The number of carbonyl (C=O) groups is 2. The van der Waals surface area contributed by atoms with Crippen LogP contribution in [-0.4, -0.2) is 31.7 Å². The average Bonchev–Trinajstić information content (AvgIpc) is 2.88. The van der Waals surface area contributed by atoms with Gasteiger partial charge in [-0.1, -0.05) is 29.8 Å². The Morgan fingerprint density at radius 2 is 1.80 bits per heavy atom. The van der Waals surface area contributed by atoms with Crippen molar-refractivity contribution in [3.05, 3.63) is 50.6 Å². The highest BCUT2D eigenvalue weighted by atomic mass is 32.1. The van der Waals surface area contributed by atoms with E-state index >= 15 is 0 Å². The molecular weight excluding hydrogens is 344 g/mol. The van der Waals surface area contributed by atoms with Gasteiger partial charge in [0.1, 0.15) is 22.1 Å². The highest BCUT2D eigenvalue weighted by Gasteiger charge is 2.22. The van der Waals surface area contributed by atoms with Gasteiger partial charge in [-0.15, -0.1) is 11.3 Å². The number of thiophene rings is 1. The zero-order chi connectivity index (χ0) is 18.3. The first-order valence-corrected chi connectivity index (χ1v) is 8.17. The monoisotopic (exact) mass is 358 g/mol. The van der Waals surface area contributed by atoms with Crippen molar-refractivity contribution in [2.24, 2.45) is 0 Å². The molecule has 0 fully saturated rings. The van der Waals surface area contributed by atoms with E-state index in [0.717, 1.165) is 21.5 Å². The fourth-order valence-electron chi connectivity index (χ4n) is 2.63. The third-order valence-corrected chi connectivity index (χ3v) is 5.02. The Morgan fingerprint density at radius 1 is 1.16 bits per heavy atom. The molecular formula is C17H14N2O5S.